The summed E-state index contributed by atoms with van der Waals surface area (Å²) in [6, 6.07) is 49.1. The molecule has 69 heavy (non-hydrogen) atoms. The van der Waals surface area contributed by atoms with Crippen LogP contribution in [0.2, 0.25) is 0 Å². The van der Waals surface area contributed by atoms with Gasteiger partial charge < -0.3 is 0 Å². The van der Waals surface area contributed by atoms with Crippen LogP contribution in [0.25, 0.3) is 0 Å². The predicted molar refractivity (Wildman–Crippen MR) is 291 cm³/mol. The van der Waals surface area contributed by atoms with Crippen molar-refractivity contribution in [2.24, 2.45) is 0 Å². The van der Waals surface area contributed by atoms with Crippen molar-refractivity contribution in [3.05, 3.63) is 179 Å². The van der Waals surface area contributed by atoms with Gasteiger partial charge in [-0.2, -0.15) is 0 Å². The number of rotatable bonds is 12. The van der Waals surface area contributed by atoms with Gasteiger partial charge >= 0.3 is 17.2 Å². The molecule has 9 heteroatoms. The predicted octanol–water partition coefficient (Wildman–Crippen LogP) is 18.1. The van der Waals surface area contributed by atoms with Crippen LogP contribution in [0.5, 0.6) is 34.5 Å². The summed E-state index contributed by atoms with van der Waals surface area (Å²) in [5.74, 6) is 4.41. The van der Waals surface area contributed by atoms with Crippen LogP contribution in [-0.4, -0.2) is 0 Å². The van der Waals surface area contributed by atoms with Crippen LogP contribution < -0.4 is 27.1 Å². The summed E-state index contributed by atoms with van der Waals surface area (Å²) in [6.07, 6.45) is 0. The summed E-state index contributed by atoms with van der Waals surface area (Å²) in [5, 5.41) is 0. The van der Waals surface area contributed by atoms with E-state index in [1.807, 2.05) is 72.8 Å². The molecule has 0 unspecified atom stereocenters. The molecule has 0 saturated carbocycles. The molecule has 6 aromatic rings. The van der Waals surface area contributed by atoms with Crippen LogP contribution in [0.1, 0.15) is 158 Å². The summed E-state index contributed by atoms with van der Waals surface area (Å²) in [5.41, 5.74) is 8.05. The maximum Gasteiger partial charge on any atom is 0.528 e. The number of hydrogen-bond donors (Lipinski definition) is 0. The molecule has 0 heterocycles. The van der Waals surface area contributed by atoms with Crippen molar-refractivity contribution in [3.63, 3.8) is 0 Å². The van der Waals surface area contributed by atoms with Crippen LogP contribution in [-0.2, 0) is 49.0 Å². The second-order valence-electron chi connectivity index (χ2n) is 23.8. The summed E-state index contributed by atoms with van der Waals surface area (Å²) in [4.78, 5) is 0. The fraction of sp³-hybridized carbons (Fsp3) is 0.400. The maximum absolute atomic E-state index is 6.24. The van der Waals surface area contributed by atoms with Gasteiger partial charge in [0.2, 0.25) is 0 Å². The van der Waals surface area contributed by atoms with Gasteiger partial charge in [0.05, 0.1) is 0 Å². The first-order chi connectivity index (χ1) is 31.4. The molecule has 0 fully saturated rings. The molecule has 0 aliphatic heterocycles. The molecule has 0 amide bonds. The molecule has 6 aromatic carbocycles. The van der Waals surface area contributed by atoms with Crippen LogP contribution >= 0.6 is 17.2 Å². The molecule has 0 bridgehead atoms. The van der Waals surface area contributed by atoms with E-state index in [2.05, 4.69) is 197 Å². The van der Waals surface area contributed by atoms with E-state index in [1.165, 1.54) is 33.4 Å². The zero-order chi connectivity index (χ0) is 50.3. The Kier molecular flexibility index (Phi) is 19.1. The molecule has 374 valence electrons. The standard InChI is InChI=1S/2C30H40O3P.Ni/c2*1-28(2,3)22-10-16-25(17-11-22)31-34(32-26-18-12-23(13-19-26)29(4,5)6)33-27-20-14-24(15-21-27)30(7,8)9;/h2*10-21,34H,1-9H3;/q2*+1;. The van der Waals surface area contributed by atoms with E-state index in [0.29, 0.717) is 0 Å². The van der Waals surface area contributed by atoms with Gasteiger partial charge in [0.15, 0.2) is 34.5 Å². The van der Waals surface area contributed by atoms with Crippen molar-refractivity contribution in [3.8, 4) is 34.5 Å². The molecule has 0 aromatic heterocycles. The van der Waals surface area contributed by atoms with Crippen molar-refractivity contribution in [2.45, 2.75) is 157 Å². The average molecular weight is 1020 g/mol. The van der Waals surface area contributed by atoms with Crippen LogP contribution in [0, 0.1) is 0 Å². The quantitative estimate of drug-likeness (QED) is 0.0899. The van der Waals surface area contributed by atoms with Gasteiger partial charge in [0.25, 0.3) is 0 Å². The first kappa shape index (κ1) is 57.1. The summed E-state index contributed by atoms with van der Waals surface area (Å²) in [6.45, 7) is 39.6. The monoisotopic (exact) mass is 1020 g/mol. The van der Waals surface area contributed by atoms with Crippen molar-refractivity contribution in [1.82, 2.24) is 0 Å². The van der Waals surface area contributed by atoms with Crippen LogP contribution in [0.4, 0.5) is 0 Å². The number of benzene rings is 6. The third-order valence-corrected chi connectivity index (χ3v) is 13.9. The first-order valence-corrected chi connectivity index (χ1v) is 26.3. The topological polar surface area (TPSA) is 55.4 Å². The van der Waals surface area contributed by atoms with E-state index in [1.54, 1.807) is 0 Å². The summed E-state index contributed by atoms with van der Waals surface area (Å²) >= 11 is 0. The van der Waals surface area contributed by atoms with E-state index >= 15 is 0 Å². The Bertz CT molecular complexity index is 2000. The molecule has 6 rings (SSSR count). The van der Waals surface area contributed by atoms with Gasteiger partial charge in [-0.3, -0.25) is 27.1 Å². The first-order valence-electron chi connectivity index (χ1n) is 23.9. The number of hydrogen-bond acceptors (Lipinski definition) is 6. The Morgan fingerprint density at radius 2 is 0.304 bits per heavy atom. The van der Waals surface area contributed by atoms with Gasteiger partial charge in [-0.25, -0.2) is 0 Å². The SMILES string of the molecule is CC(C)(C)c1ccc(O[PH+](Oc2ccc(C(C)(C)C)cc2)Oc2ccc(C(C)(C)C)cc2)cc1.CC(C)(C)c1ccc(O[PH+](Oc2ccc(C(C)(C)C)cc2)Oc2ccc(C(C)(C)C)cc2)cc1.[Ni]. The van der Waals surface area contributed by atoms with Gasteiger partial charge in [-0.05, 0) is 139 Å². The average Bonchev–Trinajstić information content (AvgIpc) is 3.23. The Morgan fingerprint density at radius 1 is 0.203 bits per heavy atom. The van der Waals surface area contributed by atoms with Gasteiger partial charge in [0, 0.05) is 16.5 Å². The smallest absolute Gasteiger partial charge is 0.273 e. The fourth-order valence-electron chi connectivity index (χ4n) is 6.84. The minimum absolute atomic E-state index is 0. The molecule has 6 nitrogen and oxygen atoms in total. The van der Waals surface area contributed by atoms with Crippen molar-refractivity contribution in [2.75, 3.05) is 0 Å². The minimum Gasteiger partial charge on any atom is -0.273 e. The molecular formula is C60H80NiO6P2+2. The van der Waals surface area contributed by atoms with Gasteiger partial charge in [0.1, 0.15) is 0 Å². The van der Waals surface area contributed by atoms with E-state index < -0.39 is 17.2 Å². The largest absolute Gasteiger partial charge is 0.528 e. The molecule has 0 saturated heterocycles. The van der Waals surface area contributed by atoms with Crippen molar-refractivity contribution in [1.29, 1.82) is 0 Å². The minimum atomic E-state index is -2.14. The Labute approximate surface area is 429 Å². The molecule has 0 aliphatic rings. The second kappa shape index (κ2) is 23.1. The second-order valence-corrected chi connectivity index (χ2v) is 26.0. The Morgan fingerprint density at radius 3 is 0.391 bits per heavy atom. The molecular weight excluding hydrogens is 937 g/mol. The van der Waals surface area contributed by atoms with Crippen LogP contribution in [0.3, 0.4) is 0 Å². The molecule has 0 atom stereocenters. The third-order valence-electron chi connectivity index (χ3n) is 11.5. The van der Waals surface area contributed by atoms with Gasteiger partial charge in [-0.15, -0.1) is 0 Å². The Hall–Kier alpha value is -4.53. The molecule has 0 N–H and O–H groups in total. The Balaban J connectivity index is 0.000000296. The molecule has 0 spiro atoms. The van der Waals surface area contributed by atoms with E-state index in [-0.39, 0.29) is 49.0 Å². The summed E-state index contributed by atoms with van der Waals surface area (Å²) < 4.78 is 37.5. The zero-order valence-electron chi connectivity index (χ0n) is 44.6. The van der Waals surface area contributed by atoms with Crippen molar-refractivity contribution >= 4 is 17.2 Å². The molecule has 0 aliphatic carbocycles. The molecule has 0 radical (unpaired) electrons. The van der Waals surface area contributed by atoms with E-state index in [0.717, 1.165) is 34.5 Å². The fourth-order valence-corrected chi connectivity index (χ4v) is 9.06. The van der Waals surface area contributed by atoms with Gasteiger partial charge in [-0.1, -0.05) is 197 Å². The van der Waals surface area contributed by atoms with Crippen molar-refractivity contribution < 1.29 is 43.6 Å². The van der Waals surface area contributed by atoms with E-state index in [4.69, 9.17) is 27.1 Å². The third kappa shape index (κ3) is 18.0. The van der Waals surface area contributed by atoms with Crippen LogP contribution in [0.15, 0.2) is 146 Å². The van der Waals surface area contributed by atoms with E-state index in [9.17, 15) is 0 Å². The normalized spacial score (nSPS) is 12.3. The summed E-state index contributed by atoms with van der Waals surface area (Å²) in [7, 11) is -4.29. The zero-order valence-corrected chi connectivity index (χ0v) is 47.6. The maximum atomic E-state index is 6.24.